The molecule has 146 valence electrons. The average Bonchev–Trinajstić information content (AvgIpc) is 3.15. The van der Waals surface area contributed by atoms with Gasteiger partial charge in [0.25, 0.3) is 5.91 Å². The second kappa shape index (κ2) is 8.32. The Kier molecular flexibility index (Phi) is 5.44. The molecule has 1 N–H and O–H groups in total. The lowest BCUT2D eigenvalue weighted by Gasteiger charge is -2.07. The second-order valence-corrected chi connectivity index (χ2v) is 6.98. The van der Waals surface area contributed by atoms with Gasteiger partial charge in [-0.05, 0) is 47.5 Å². The number of benzene rings is 3. The molecule has 0 aliphatic rings. The van der Waals surface area contributed by atoms with Crippen molar-refractivity contribution in [3.8, 4) is 5.75 Å². The predicted octanol–water partition coefficient (Wildman–Crippen LogP) is 4.07. The molecule has 0 aliphatic heterocycles. The van der Waals surface area contributed by atoms with Gasteiger partial charge in [0.15, 0.2) is 0 Å². The molecule has 0 bridgehead atoms. The highest BCUT2D eigenvalue weighted by Gasteiger charge is 2.11. The number of methoxy groups -OCH3 is 1. The van der Waals surface area contributed by atoms with E-state index >= 15 is 0 Å². The molecule has 0 saturated carbocycles. The molecule has 0 radical (unpaired) electrons. The van der Waals surface area contributed by atoms with E-state index in [2.05, 4.69) is 15.6 Å². The fourth-order valence-corrected chi connectivity index (χ4v) is 3.26. The highest BCUT2D eigenvalue weighted by atomic mass is 35.5. The van der Waals surface area contributed by atoms with Crippen molar-refractivity contribution in [2.75, 3.05) is 7.11 Å². The lowest BCUT2D eigenvalue weighted by atomic mass is 10.1. The quantitative estimate of drug-likeness (QED) is 0.524. The van der Waals surface area contributed by atoms with Crippen LogP contribution in [0.5, 0.6) is 5.75 Å². The van der Waals surface area contributed by atoms with Gasteiger partial charge in [0.2, 0.25) is 0 Å². The summed E-state index contributed by atoms with van der Waals surface area (Å²) in [5.41, 5.74) is 4.02. The molecule has 0 spiro atoms. The van der Waals surface area contributed by atoms with Gasteiger partial charge in [0.1, 0.15) is 11.3 Å². The van der Waals surface area contributed by atoms with Crippen molar-refractivity contribution in [1.82, 2.24) is 20.3 Å². The van der Waals surface area contributed by atoms with Gasteiger partial charge < -0.3 is 10.1 Å². The Morgan fingerprint density at radius 3 is 2.66 bits per heavy atom. The topological polar surface area (TPSA) is 69.0 Å². The van der Waals surface area contributed by atoms with E-state index in [4.69, 9.17) is 16.3 Å². The van der Waals surface area contributed by atoms with Gasteiger partial charge in [-0.1, -0.05) is 47.1 Å². The van der Waals surface area contributed by atoms with Crippen LogP contribution in [0.25, 0.3) is 11.0 Å². The van der Waals surface area contributed by atoms with E-state index in [0.717, 1.165) is 22.4 Å². The minimum atomic E-state index is -0.184. The minimum absolute atomic E-state index is 0.184. The number of hydrogen-bond acceptors (Lipinski definition) is 4. The van der Waals surface area contributed by atoms with Crippen LogP contribution in [0.4, 0.5) is 0 Å². The van der Waals surface area contributed by atoms with E-state index in [9.17, 15) is 4.79 Å². The van der Waals surface area contributed by atoms with E-state index < -0.39 is 0 Å². The van der Waals surface area contributed by atoms with Crippen LogP contribution in [0.1, 0.15) is 21.5 Å². The van der Waals surface area contributed by atoms with Crippen molar-refractivity contribution in [3.05, 3.63) is 88.4 Å². The van der Waals surface area contributed by atoms with Crippen molar-refractivity contribution in [3.63, 3.8) is 0 Å². The van der Waals surface area contributed by atoms with Gasteiger partial charge in [0, 0.05) is 17.1 Å². The van der Waals surface area contributed by atoms with E-state index in [-0.39, 0.29) is 5.91 Å². The highest BCUT2D eigenvalue weighted by molar-refractivity contribution is 6.31. The first-order valence-electron chi connectivity index (χ1n) is 9.12. The van der Waals surface area contributed by atoms with Crippen LogP contribution >= 0.6 is 11.6 Å². The summed E-state index contributed by atoms with van der Waals surface area (Å²) in [4.78, 5) is 12.5. The summed E-state index contributed by atoms with van der Waals surface area (Å²) in [5, 5.41) is 12.0. The summed E-state index contributed by atoms with van der Waals surface area (Å²) in [6.45, 7) is 0.944. The monoisotopic (exact) mass is 406 g/mol. The number of carbonyl (C=O) groups is 1. The molecule has 3 aromatic carbocycles. The fraction of sp³-hybridized carbons (Fsp3) is 0.136. The molecular formula is C22H19ClN4O2. The molecule has 0 unspecified atom stereocenters. The van der Waals surface area contributed by atoms with E-state index in [1.165, 1.54) is 0 Å². The summed E-state index contributed by atoms with van der Waals surface area (Å²) in [5.74, 6) is 0.626. The maximum absolute atomic E-state index is 12.5. The van der Waals surface area contributed by atoms with Crippen molar-refractivity contribution in [2.24, 2.45) is 0 Å². The van der Waals surface area contributed by atoms with Gasteiger partial charge in [-0.2, -0.15) is 0 Å². The van der Waals surface area contributed by atoms with Crippen LogP contribution in [-0.4, -0.2) is 28.0 Å². The summed E-state index contributed by atoms with van der Waals surface area (Å²) in [6.07, 6.45) is 0. The normalized spacial score (nSPS) is 10.8. The summed E-state index contributed by atoms with van der Waals surface area (Å²) < 4.78 is 6.99. The number of amides is 1. The summed E-state index contributed by atoms with van der Waals surface area (Å²) in [7, 11) is 1.64. The molecule has 6 nitrogen and oxygen atoms in total. The molecule has 4 aromatic rings. The standard InChI is InChI=1S/C22H19ClN4O2/c1-29-18-9-6-15(7-10-18)14-27-21-11-8-16(12-20(21)25-26-27)22(28)24-13-17-4-2-3-5-19(17)23/h2-12H,13-14H2,1H3,(H,24,28). The zero-order valence-corrected chi connectivity index (χ0v) is 16.6. The van der Waals surface area contributed by atoms with Crippen LogP contribution in [0, 0.1) is 0 Å². The molecule has 0 aliphatic carbocycles. The first-order valence-corrected chi connectivity index (χ1v) is 9.49. The predicted molar refractivity (Wildman–Crippen MR) is 112 cm³/mol. The second-order valence-electron chi connectivity index (χ2n) is 6.57. The Morgan fingerprint density at radius 2 is 1.90 bits per heavy atom. The van der Waals surface area contributed by atoms with Crippen LogP contribution in [0.3, 0.4) is 0 Å². The lowest BCUT2D eigenvalue weighted by molar-refractivity contribution is 0.0951. The molecule has 4 rings (SSSR count). The SMILES string of the molecule is COc1ccc(Cn2nnc3cc(C(=O)NCc4ccccc4Cl)ccc32)cc1. The number of carbonyl (C=O) groups excluding carboxylic acids is 1. The molecular weight excluding hydrogens is 388 g/mol. The third-order valence-electron chi connectivity index (χ3n) is 4.66. The number of nitrogens with zero attached hydrogens (tertiary/aromatic N) is 3. The first-order chi connectivity index (χ1) is 14.1. The van der Waals surface area contributed by atoms with E-state index in [0.29, 0.717) is 29.2 Å². The number of fused-ring (bicyclic) bond motifs is 1. The van der Waals surface area contributed by atoms with Crippen molar-refractivity contribution in [2.45, 2.75) is 13.1 Å². The Morgan fingerprint density at radius 1 is 1.10 bits per heavy atom. The number of halogens is 1. The Hall–Kier alpha value is -3.38. The van der Waals surface area contributed by atoms with Crippen molar-refractivity contribution >= 4 is 28.5 Å². The summed E-state index contributed by atoms with van der Waals surface area (Å²) >= 11 is 6.14. The smallest absolute Gasteiger partial charge is 0.251 e. The third kappa shape index (κ3) is 4.22. The van der Waals surface area contributed by atoms with Gasteiger partial charge in [-0.3, -0.25) is 4.79 Å². The maximum Gasteiger partial charge on any atom is 0.251 e. The molecule has 7 heteroatoms. The molecule has 1 aromatic heterocycles. The third-order valence-corrected chi connectivity index (χ3v) is 5.03. The van der Waals surface area contributed by atoms with E-state index in [1.54, 1.807) is 25.3 Å². The number of aromatic nitrogens is 3. The molecule has 1 heterocycles. The van der Waals surface area contributed by atoms with Crippen LogP contribution in [0.2, 0.25) is 5.02 Å². The van der Waals surface area contributed by atoms with Gasteiger partial charge in [0.05, 0.1) is 19.2 Å². The highest BCUT2D eigenvalue weighted by Crippen LogP contribution is 2.18. The lowest BCUT2D eigenvalue weighted by Crippen LogP contribution is -2.22. The van der Waals surface area contributed by atoms with Crippen LogP contribution in [0.15, 0.2) is 66.7 Å². The first kappa shape index (κ1) is 19.0. The molecule has 1 amide bonds. The Balaban J connectivity index is 1.48. The molecule has 0 atom stereocenters. The zero-order valence-electron chi connectivity index (χ0n) is 15.8. The molecule has 0 fully saturated rings. The number of ether oxygens (including phenoxy) is 1. The number of rotatable bonds is 6. The van der Waals surface area contributed by atoms with E-state index in [1.807, 2.05) is 53.2 Å². The number of hydrogen-bond donors (Lipinski definition) is 1. The largest absolute Gasteiger partial charge is 0.497 e. The van der Waals surface area contributed by atoms with Crippen molar-refractivity contribution in [1.29, 1.82) is 0 Å². The summed E-state index contributed by atoms with van der Waals surface area (Å²) in [6, 6.07) is 20.6. The Bertz CT molecular complexity index is 1160. The fourth-order valence-electron chi connectivity index (χ4n) is 3.05. The molecule has 0 saturated heterocycles. The number of nitrogens with one attached hydrogen (secondary N) is 1. The van der Waals surface area contributed by atoms with Crippen molar-refractivity contribution < 1.29 is 9.53 Å². The zero-order chi connectivity index (χ0) is 20.2. The minimum Gasteiger partial charge on any atom is -0.497 e. The average molecular weight is 407 g/mol. The Labute approximate surface area is 173 Å². The van der Waals surface area contributed by atoms with Gasteiger partial charge in [-0.15, -0.1) is 5.10 Å². The van der Waals surface area contributed by atoms with Crippen LogP contribution < -0.4 is 10.1 Å². The maximum atomic E-state index is 12.5. The van der Waals surface area contributed by atoms with Gasteiger partial charge in [-0.25, -0.2) is 4.68 Å². The van der Waals surface area contributed by atoms with Gasteiger partial charge >= 0.3 is 0 Å². The van der Waals surface area contributed by atoms with Crippen LogP contribution in [-0.2, 0) is 13.1 Å². The molecule has 29 heavy (non-hydrogen) atoms.